The number of halogens is 2. The van der Waals surface area contributed by atoms with E-state index in [2.05, 4.69) is 29.5 Å². The molecule has 0 radical (unpaired) electrons. The number of hydrogen-bond acceptors (Lipinski definition) is 3. The van der Waals surface area contributed by atoms with E-state index in [4.69, 9.17) is 0 Å². The van der Waals surface area contributed by atoms with E-state index in [0.717, 1.165) is 32.0 Å². The molecule has 0 spiro atoms. The molecule has 2 aliphatic rings. The molecule has 1 saturated carbocycles. The SMILES string of the molecule is CCN(C)CCNC(=O)C1CC2CCCCC2N1.Cl.Cl. The van der Waals surface area contributed by atoms with Crippen molar-refractivity contribution in [2.45, 2.75) is 51.1 Å². The molecule has 2 fully saturated rings. The summed E-state index contributed by atoms with van der Waals surface area (Å²) in [7, 11) is 2.08. The molecule has 1 heterocycles. The van der Waals surface area contributed by atoms with Gasteiger partial charge in [0.05, 0.1) is 6.04 Å². The van der Waals surface area contributed by atoms with Gasteiger partial charge >= 0.3 is 0 Å². The maximum absolute atomic E-state index is 12.1. The Kier molecular flexibility index (Phi) is 9.81. The maximum Gasteiger partial charge on any atom is 0.237 e. The van der Waals surface area contributed by atoms with E-state index >= 15 is 0 Å². The molecule has 1 amide bonds. The number of fused-ring (bicyclic) bond motifs is 1. The largest absolute Gasteiger partial charge is 0.353 e. The van der Waals surface area contributed by atoms with Crippen molar-refractivity contribution in [2.75, 3.05) is 26.7 Å². The summed E-state index contributed by atoms with van der Waals surface area (Å²) in [6.07, 6.45) is 6.27. The number of nitrogens with one attached hydrogen (secondary N) is 2. The van der Waals surface area contributed by atoms with Crippen molar-refractivity contribution in [1.29, 1.82) is 0 Å². The Hall–Kier alpha value is -0.0300. The molecule has 3 atom stereocenters. The van der Waals surface area contributed by atoms with Crippen molar-refractivity contribution >= 4 is 30.7 Å². The van der Waals surface area contributed by atoms with Gasteiger partial charge < -0.3 is 15.5 Å². The Morgan fingerprint density at radius 1 is 1.30 bits per heavy atom. The van der Waals surface area contributed by atoms with Gasteiger partial charge in [-0.2, -0.15) is 0 Å². The zero-order valence-electron chi connectivity index (χ0n) is 12.6. The third kappa shape index (κ3) is 5.40. The molecule has 0 aromatic carbocycles. The highest BCUT2D eigenvalue weighted by molar-refractivity contribution is 5.85. The van der Waals surface area contributed by atoms with Crippen molar-refractivity contribution in [3.05, 3.63) is 0 Å². The molecule has 4 nitrogen and oxygen atoms in total. The first-order valence-corrected chi connectivity index (χ1v) is 7.43. The minimum atomic E-state index is 0. The first kappa shape index (κ1) is 20.0. The molecular weight excluding hydrogens is 297 g/mol. The molecule has 3 unspecified atom stereocenters. The molecule has 20 heavy (non-hydrogen) atoms. The molecule has 1 aliphatic heterocycles. The number of carbonyl (C=O) groups excluding carboxylic acids is 1. The summed E-state index contributed by atoms with van der Waals surface area (Å²) in [5.74, 6) is 0.946. The highest BCUT2D eigenvalue weighted by atomic mass is 35.5. The summed E-state index contributed by atoms with van der Waals surface area (Å²) < 4.78 is 0. The maximum atomic E-state index is 12.1. The molecule has 2 rings (SSSR count). The minimum Gasteiger partial charge on any atom is -0.353 e. The lowest BCUT2D eigenvalue weighted by atomic mass is 9.85. The predicted molar refractivity (Wildman–Crippen MR) is 88.0 cm³/mol. The van der Waals surface area contributed by atoms with Gasteiger partial charge in [0.2, 0.25) is 5.91 Å². The fourth-order valence-corrected chi connectivity index (χ4v) is 3.17. The second-order valence-corrected chi connectivity index (χ2v) is 5.79. The van der Waals surface area contributed by atoms with Gasteiger partial charge in [-0.1, -0.05) is 19.8 Å². The zero-order chi connectivity index (χ0) is 13.0. The van der Waals surface area contributed by atoms with Crippen LogP contribution in [0, 0.1) is 5.92 Å². The molecule has 120 valence electrons. The first-order valence-electron chi connectivity index (χ1n) is 7.43. The van der Waals surface area contributed by atoms with Gasteiger partial charge in [-0.15, -0.1) is 24.8 Å². The van der Waals surface area contributed by atoms with Crippen LogP contribution >= 0.6 is 24.8 Å². The molecule has 0 bridgehead atoms. The van der Waals surface area contributed by atoms with Gasteiger partial charge in [0.1, 0.15) is 0 Å². The van der Waals surface area contributed by atoms with Crippen LogP contribution in [0.4, 0.5) is 0 Å². The van der Waals surface area contributed by atoms with Gasteiger partial charge in [0.25, 0.3) is 0 Å². The number of carbonyl (C=O) groups is 1. The van der Waals surface area contributed by atoms with Gasteiger partial charge in [0.15, 0.2) is 0 Å². The average Bonchev–Trinajstić information content (AvgIpc) is 2.82. The summed E-state index contributed by atoms with van der Waals surface area (Å²) >= 11 is 0. The van der Waals surface area contributed by atoms with Gasteiger partial charge in [-0.25, -0.2) is 0 Å². The van der Waals surface area contributed by atoms with Crippen LogP contribution in [0.5, 0.6) is 0 Å². The van der Waals surface area contributed by atoms with Crippen LogP contribution in [0.1, 0.15) is 39.0 Å². The van der Waals surface area contributed by atoms with Crippen LogP contribution in [0.2, 0.25) is 0 Å². The summed E-state index contributed by atoms with van der Waals surface area (Å²) in [5, 5.41) is 6.58. The Morgan fingerprint density at radius 2 is 2.00 bits per heavy atom. The summed E-state index contributed by atoms with van der Waals surface area (Å²) in [5.41, 5.74) is 0. The van der Waals surface area contributed by atoms with Gasteiger partial charge in [0, 0.05) is 19.1 Å². The summed E-state index contributed by atoms with van der Waals surface area (Å²) in [4.78, 5) is 14.3. The number of amides is 1. The second kappa shape index (κ2) is 9.82. The van der Waals surface area contributed by atoms with Crippen LogP contribution in [0.25, 0.3) is 0 Å². The monoisotopic (exact) mass is 325 g/mol. The van der Waals surface area contributed by atoms with E-state index in [1.54, 1.807) is 0 Å². The van der Waals surface area contributed by atoms with Crippen molar-refractivity contribution in [1.82, 2.24) is 15.5 Å². The summed E-state index contributed by atoms with van der Waals surface area (Å²) in [6, 6.07) is 0.665. The van der Waals surface area contributed by atoms with E-state index in [1.165, 1.54) is 25.7 Å². The predicted octanol–water partition coefficient (Wildman–Crippen LogP) is 1.82. The Bertz CT molecular complexity index is 278. The highest BCUT2D eigenvalue weighted by Gasteiger charge is 2.37. The van der Waals surface area contributed by atoms with E-state index in [0.29, 0.717) is 6.04 Å². The van der Waals surface area contributed by atoms with Gasteiger partial charge in [-0.05, 0) is 38.8 Å². The highest BCUT2D eigenvalue weighted by Crippen LogP contribution is 2.33. The van der Waals surface area contributed by atoms with E-state index < -0.39 is 0 Å². The Labute approximate surface area is 135 Å². The molecular formula is C14H29Cl2N3O. The topological polar surface area (TPSA) is 44.4 Å². The molecule has 1 aliphatic carbocycles. The standard InChI is InChI=1S/C14H27N3O.2ClH/c1-3-17(2)9-8-15-14(18)13-10-11-6-4-5-7-12(11)16-13;;/h11-13,16H,3-10H2,1-2H3,(H,15,18);2*1H. The smallest absolute Gasteiger partial charge is 0.237 e. The zero-order valence-corrected chi connectivity index (χ0v) is 14.2. The Morgan fingerprint density at radius 3 is 2.65 bits per heavy atom. The molecule has 0 aromatic heterocycles. The number of rotatable bonds is 5. The number of hydrogen-bond donors (Lipinski definition) is 2. The molecule has 6 heteroatoms. The van der Waals surface area contributed by atoms with Crippen molar-refractivity contribution in [2.24, 2.45) is 5.92 Å². The molecule has 2 N–H and O–H groups in total. The van der Waals surface area contributed by atoms with Crippen LogP contribution in [-0.2, 0) is 4.79 Å². The van der Waals surface area contributed by atoms with Crippen LogP contribution in [0.3, 0.4) is 0 Å². The fourth-order valence-electron chi connectivity index (χ4n) is 3.17. The van der Waals surface area contributed by atoms with E-state index in [1.807, 2.05) is 0 Å². The van der Waals surface area contributed by atoms with Crippen LogP contribution in [-0.4, -0.2) is 49.6 Å². The number of likely N-dealkylation sites (N-methyl/N-ethyl adjacent to an activating group) is 1. The fraction of sp³-hybridized carbons (Fsp3) is 0.929. The molecule has 1 saturated heterocycles. The number of nitrogens with zero attached hydrogens (tertiary/aromatic N) is 1. The third-order valence-electron chi connectivity index (χ3n) is 4.51. The van der Waals surface area contributed by atoms with Crippen molar-refractivity contribution < 1.29 is 4.79 Å². The minimum absolute atomic E-state index is 0. The Balaban J connectivity index is 0.00000180. The lowest BCUT2D eigenvalue weighted by Crippen LogP contribution is -2.44. The van der Waals surface area contributed by atoms with Gasteiger partial charge in [-0.3, -0.25) is 4.79 Å². The van der Waals surface area contributed by atoms with Crippen LogP contribution < -0.4 is 10.6 Å². The summed E-state index contributed by atoms with van der Waals surface area (Å²) in [6.45, 7) is 4.85. The lowest BCUT2D eigenvalue weighted by Gasteiger charge is -2.24. The normalized spacial score (nSPS) is 28.2. The molecule has 0 aromatic rings. The van der Waals surface area contributed by atoms with E-state index in [9.17, 15) is 4.79 Å². The van der Waals surface area contributed by atoms with Crippen LogP contribution in [0.15, 0.2) is 0 Å². The lowest BCUT2D eigenvalue weighted by molar-refractivity contribution is -0.122. The third-order valence-corrected chi connectivity index (χ3v) is 4.51. The van der Waals surface area contributed by atoms with E-state index in [-0.39, 0.29) is 36.8 Å². The quantitative estimate of drug-likeness (QED) is 0.810. The van der Waals surface area contributed by atoms with Crippen molar-refractivity contribution in [3.8, 4) is 0 Å². The average molecular weight is 326 g/mol. The first-order chi connectivity index (χ1) is 8.70. The van der Waals surface area contributed by atoms with Crippen molar-refractivity contribution in [3.63, 3.8) is 0 Å². The second-order valence-electron chi connectivity index (χ2n) is 5.79.